The first-order valence-corrected chi connectivity index (χ1v) is 7.68. The molecule has 148 valence electrons. The van der Waals surface area contributed by atoms with Crippen molar-refractivity contribution in [3.8, 4) is 0 Å². The molecule has 0 aromatic heterocycles. The van der Waals surface area contributed by atoms with Crippen molar-refractivity contribution in [3.63, 3.8) is 0 Å². The molecule has 0 radical (unpaired) electrons. The molecule has 3 N–H and O–H groups in total. The Kier molecular flexibility index (Phi) is 5.78. The summed E-state index contributed by atoms with van der Waals surface area (Å²) < 4.78 is 125. The Balaban J connectivity index is 2.92. The summed E-state index contributed by atoms with van der Waals surface area (Å²) in [6.07, 6.45) is -11.9. The lowest BCUT2D eigenvalue weighted by atomic mass is 10.0. The highest BCUT2D eigenvalue weighted by molar-refractivity contribution is 7.89. The van der Waals surface area contributed by atoms with Crippen LogP contribution in [0.15, 0.2) is 23.1 Å². The van der Waals surface area contributed by atoms with Gasteiger partial charge in [-0.2, -0.15) is 26.3 Å². The van der Waals surface area contributed by atoms with Crippen molar-refractivity contribution in [1.82, 2.24) is 15.6 Å². The van der Waals surface area contributed by atoms with E-state index in [4.69, 9.17) is 0 Å². The molecule has 0 aliphatic heterocycles. The first-order chi connectivity index (χ1) is 11.5. The van der Waals surface area contributed by atoms with Gasteiger partial charge in [0.15, 0.2) is 11.6 Å². The summed E-state index contributed by atoms with van der Waals surface area (Å²) in [6, 6.07) is -1.09. The molecule has 1 aromatic rings. The molecule has 0 unspecified atom stereocenters. The van der Waals surface area contributed by atoms with E-state index < -0.39 is 50.5 Å². The van der Waals surface area contributed by atoms with Gasteiger partial charge in [-0.3, -0.25) is 5.43 Å². The lowest BCUT2D eigenvalue weighted by Crippen LogP contribution is -2.67. The summed E-state index contributed by atoms with van der Waals surface area (Å²) >= 11 is 0. The molecule has 1 aromatic carbocycles. The van der Waals surface area contributed by atoms with Crippen LogP contribution in [-0.4, -0.2) is 32.3 Å². The van der Waals surface area contributed by atoms with Gasteiger partial charge in [0.2, 0.25) is 5.54 Å². The van der Waals surface area contributed by atoms with Gasteiger partial charge in [0.1, 0.15) is 0 Å². The molecule has 0 saturated heterocycles. The Morgan fingerprint density at radius 1 is 0.962 bits per heavy atom. The summed E-state index contributed by atoms with van der Waals surface area (Å²) in [4.78, 5) is 11.4. The van der Waals surface area contributed by atoms with Crippen molar-refractivity contribution in [2.24, 2.45) is 0 Å². The van der Waals surface area contributed by atoms with Crippen molar-refractivity contribution in [2.75, 3.05) is 0 Å². The minimum atomic E-state index is -5.96. The zero-order valence-electron chi connectivity index (χ0n) is 12.4. The van der Waals surface area contributed by atoms with Crippen LogP contribution in [0, 0.1) is 11.6 Å². The van der Waals surface area contributed by atoms with Crippen LogP contribution in [0.3, 0.4) is 0 Å². The van der Waals surface area contributed by atoms with Gasteiger partial charge in [-0.25, -0.2) is 22.0 Å². The number of hydrogen-bond acceptors (Lipinski definition) is 3. The van der Waals surface area contributed by atoms with E-state index in [0.29, 0.717) is 17.4 Å². The summed E-state index contributed by atoms with van der Waals surface area (Å²) in [5.41, 5.74) is -3.63. The van der Waals surface area contributed by atoms with E-state index in [0.717, 1.165) is 10.3 Å². The standard InChI is InChI=1S/C11H9F8N3O3S/c1-9(10(14,15)16,11(17,18)19)20-8(23)21-22-26(24,25)5-2-3-6(12)7(13)4-5/h2-4,22H,1H3,(H2,20,21,23). The predicted octanol–water partition coefficient (Wildman–Crippen LogP) is 2.34. The Morgan fingerprint density at radius 2 is 1.46 bits per heavy atom. The van der Waals surface area contributed by atoms with Crippen molar-refractivity contribution in [2.45, 2.75) is 29.7 Å². The molecule has 0 saturated carbocycles. The number of hydrogen-bond donors (Lipinski definition) is 3. The van der Waals surface area contributed by atoms with Crippen LogP contribution in [0.5, 0.6) is 0 Å². The Labute approximate surface area is 140 Å². The maximum Gasteiger partial charge on any atom is 0.420 e. The van der Waals surface area contributed by atoms with Gasteiger partial charge in [0, 0.05) is 0 Å². The van der Waals surface area contributed by atoms with Gasteiger partial charge in [0.05, 0.1) is 4.90 Å². The van der Waals surface area contributed by atoms with Crippen molar-refractivity contribution < 1.29 is 48.3 Å². The molecule has 1 rings (SSSR count). The monoisotopic (exact) mass is 415 g/mol. The molecule has 0 spiro atoms. The zero-order valence-corrected chi connectivity index (χ0v) is 13.2. The molecular formula is C11H9F8N3O3S. The molecule has 0 atom stereocenters. The van der Waals surface area contributed by atoms with Gasteiger partial charge < -0.3 is 5.32 Å². The third-order valence-corrected chi connectivity index (χ3v) is 4.24. The third-order valence-electron chi connectivity index (χ3n) is 3.00. The van der Waals surface area contributed by atoms with E-state index in [2.05, 4.69) is 0 Å². The highest BCUT2D eigenvalue weighted by atomic mass is 32.2. The lowest BCUT2D eigenvalue weighted by molar-refractivity contribution is -0.297. The van der Waals surface area contributed by atoms with Gasteiger partial charge in [-0.1, -0.05) is 0 Å². The smallest absolute Gasteiger partial charge is 0.315 e. The molecule has 0 heterocycles. The van der Waals surface area contributed by atoms with Crippen molar-refractivity contribution >= 4 is 16.1 Å². The number of nitrogens with one attached hydrogen (secondary N) is 3. The first kappa shape index (κ1) is 21.9. The molecule has 0 aliphatic rings. The maximum absolute atomic E-state index is 13.0. The van der Waals surface area contributed by atoms with Gasteiger partial charge in [-0.05, 0) is 25.1 Å². The molecule has 6 nitrogen and oxygen atoms in total. The van der Waals surface area contributed by atoms with E-state index in [1.807, 2.05) is 0 Å². The molecule has 0 bridgehead atoms. The average Bonchev–Trinajstić information content (AvgIpc) is 2.45. The van der Waals surface area contributed by atoms with E-state index in [-0.39, 0.29) is 13.0 Å². The van der Waals surface area contributed by atoms with Gasteiger partial charge in [0.25, 0.3) is 10.0 Å². The number of hydrazine groups is 1. The van der Waals surface area contributed by atoms with Crippen LogP contribution in [0.25, 0.3) is 0 Å². The topological polar surface area (TPSA) is 87.3 Å². The first-order valence-electron chi connectivity index (χ1n) is 6.20. The normalized spacial score (nSPS) is 13.4. The van der Waals surface area contributed by atoms with Crippen LogP contribution in [0.2, 0.25) is 0 Å². The van der Waals surface area contributed by atoms with Crippen molar-refractivity contribution in [3.05, 3.63) is 29.8 Å². The zero-order chi connectivity index (χ0) is 20.6. The Hall–Kier alpha value is -2.16. The van der Waals surface area contributed by atoms with E-state index in [1.54, 1.807) is 0 Å². The minimum absolute atomic E-state index is 0.173. The Morgan fingerprint density at radius 3 is 1.88 bits per heavy atom. The average molecular weight is 415 g/mol. The molecule has 0 fully saturated rings. The second-order valence-corrected chi connectivity index (χ2v) is 6.56. The highest BCUT2D eigenvalue weighted by Gasteiger charge is 2.68. The van der Waals surface area contributed by atoms with Gasteiger partial charge in [-0.15, -0.1) is 4.83 Å². The fraction of sp³-hybridized carbons (Fsp3) is 0.364. The van der Waals surface area contributed by atoms with Crippen LogP contribution in [0.1, 0.15) is 6.92 Å². The Bertz CT molecular complexity index is 777. The molecule has 15 heteroatoms. The van der Waals surface area contributed by atoms with Crippen LogP contribution in [-0.2, 0) is 10.0 Å². The SMILES string of the molecule is CC(NC(=O)NNS(=O)(=O)c1ccc(F)c(F)c1)(C(F)(F)F)C(F)(F)F. The summed E-state index contributed by atoms with van der Waals surface area (Å²) in [5.74, 6) is -3.01. The molecule has 2 amide bonds. The minimum Gasteiger partial charge on any atom is -0.315 e. The second-order valence-electron chi connectivity index (χ2n) is 4.88. The lowest BCUT2D eigenvalue weighted by Gasteiger charge is -2.34. The quantitative estimate of drug-likeness (QED) is 0.521. The number of rotatable bonds is 4. The van der Waals surface area contributed by atoms with Crippen LogP contribution >= 0.6 is 0 Å². The summed E-state index contributed by atoms with van der Waals surface area (Å²) in [5, 5.41) is 0.557. The predicted molar refractivity (Wildman–Crippen MR) is 68.9 cm³/mol. The number of benzene rings is 1. The number of amides is 2. The van der Waals surface area contributed by atoms with E-state index >= 15 is 0 Å². The molecular weight excluding hydrogens is 406 g/mol. The second kappa shape index (κ2) is 6.86. The number of sulfonamides is 1. The number of halogens is 8. The fourth-order valence-electron chi connectivity index (χ4n) is 1.38. The summed E-state index contributed by atoms with van der Waals surface area (Å²) in [7, 11) is -4.81. The van der Waals surface area contributed by atoms with Crippen LogP contribution in [0.4, 0.5) is 39.9 Å². The third kappa shape index (κ3) is 4.51. The van der Waals surface area contributed by atoms with Crippen molar-refractivity contribution in [1.29, 1.82) is 0 Å². The van der Waals surface area contributed by atoms with Gasteiger partial charge >= 0.3 is 18.4 Å². The highest BCUT2D eigenvalue weighted by Crippen LogP contribution is 2.42. The van der Waals surface area contributed by atoms with E-state index in [9.17, 15) is 48.3 Å². The maximum atomic E-state index is 13.0. The molecule has 0 aliphatic carbocycles. The number of carbonyl (C=O) groups excluding carboxylic acids is 1. The van der Waals surface area contributed by atoms with E-state index in [1.165, 1.54) is 0 Å². The number of urea groups is 1. The molecule has 26 heavy (non-hydrogen) atoms. The number of carbonyl (C=O) groups is 1. The van der Waals surface area contributed by atoms with Crippen LogP contribution < -0.4 is 15.6 Å². The fourth-order valence-corrected chi connectivity index (χ4v) is 2.23. The summed E-state index contributed by atoms with van der Waals surface area (Å²) in [6.45, 7) is -0.379. The number of alkyl halides is 6. The largest absolute Gasteiger partial charge is 0.420 e.